The van der Waals surface area contributed by atoms with E-state index in [0.717, 1.165) is 37.0 Å². The number of methoxy groups -OCH3 is 1. The maximum atomic E-state index is 13.0. The average Bonchev–Trinajstić information content (AvgIpc) is 2.66. The first-order valence-corrected chi connectivity index (χ1v) is 11.3. The molecule has 7 heteroatoms. The van der Waals surface area contributed by atoms with Crippen LogP contribution in [0.4, 0.5) is 5.69 Å². The van der Waals surface area contributed by atoms with Crippen LogP contribution in [-0.2, 0) is 9.59 Å². The van der Waals surface area contributed by atoms with Crippen molar-refractivity contribution in [1.82, 2.24) is 10.2 Å². The molecule has 4 saturated carbocycles. The van der Waals surface area contributed by atoms with Gasteiger partial charge in [0.05, 0.1) is 25.4 Å². The zero-order valence-corrected chi connectivity index (χ0v) is 18.8. The van der Waals surface area contributed by atoms with Crippen molar-refractivity contribution in [3.05, 3.63) is 23.2 Å². The minimum atomic E-state index is -0.384. The summed E-state index contributed by atoms with van der Waals surface area (Å²) in [5, 5.41) is 6.75. The fraction of sp³-hybridized carbons (Fsp3) is 0.652. The third-order valence-electron chi connectivity index (χ3n) is 7.30. The number of nitrogens with zero attached hydrogens (tertiary/aromatic N) is 1. The molecule has 30 heavy (non-hydrogen) atoms. The zero-order chi connectivity index (χ0) is 21.5. The fourth-order valence-corrected chi connectivity index (χ4v) is 6.33. The Labute approximate surface area is 183 Å². The molecule has 0 unspecified atom stereocenters. The van der Waals surface area contributed by atoms with Gasteiger partial charge in [-0.1, -0.05) is 11.6 Å². The normalized spacial score (nSPS) is 30.2. The van der Waals surface area contributed by atoms with Gasteiger partial charge in [-0.15, -0.1) is 0 Å². The van der Waals surface area contributed by atoms with E-state index >= 15 is 0 Å². The van der Waals surface area contributed by atoms with E-state index in [9.17, 15) is 9.59 Å². The lowest BCUT2D eigenvalue weighted by molar-refractivity contribution is -0.131. The maximum Gasteiger partial charge on any atom is 0.238 e. The Morgan fingerprint density at radius 3 is 2.37 bits per heavy atom. The van der Waals surface area contributed by atoms with E-state index in [-0.39, 0.29) is 29.9 Å². The molecule has 1 aromatic carbocycles. The van der Waals surface area contributed by atoms with Gasteiger partial charge in [0.1, 0.15) is 5.75 Å². The molecule has 164 valence electrons. The Hall–Kier alpha value is -1.79. The van der Waals surface area contributed by atoms with Crippen molar-refractivity contribution < 1.29 is 14.3 Å². The summed E-state index contributed by atoms with van der Waals surface area (Å²) in [6.07, 6.45) is 7.40. The summed E-state index contributed by atoms with van der Waals surface area (Å²) in [6, 6.07) is 4.69. The minimum Gasteiger partial charge on any atom is -0.495 e. The monoisotopic (exact) mass is 433 g/mol. The molecule has 4 fully saturated rings. The molecule has 0 aromatic heterocycles. The van der Waals surface area contributed by atoms with E-state index in [1.54, 1.807) is 37.3 Å². The molecule has 2 amide bonds. The van der Waals surface area contributed by atoms with Gasteiger partial charge in [0.25, 0.3) is 0 Å². The molecule has 0 heterocycles. The highest BCUT2D eigenvalue weighted by molar-refractivity contribution is 6.31. The lowest BCUT2D eigenvalue weighted by Gasteiger charge is -2.57. The quantitative estimate of drug-likeness (QED) is 0.687. The van der Waals surface area contributed by atoms with Gasteiger partial charge >= 0.3 is 0 Å². The van der Waals surface area contributed by atoms with E-state index < -0.39 is 0 Å². The summed E-state index contributed by atoms with van der Waals surface area (Å²) < 4.78 is 5.28. The van der Waals surface area contributed by atoms with Crippen LogP contribution in [0.3, 0.4) is 0 Å². The van der Waals surface area contributed by atoms with Crippen molar-refractivity contribution in [2.75, 3.05) is 26.0 Å². The van der Waals surface area contributed by atoms with Crippen molar-refractivity contribution in [3.63, 3.8) is 0 Å². The molecule has 1 atom stereocenters. The van der Waals surface area contributed by atoms with Gasteiger partial charge in [0.15, 0.2) is 0 Å². The third kappa shape index (κ3) is 4.45. The van der Waals surface area contributed by atoms with Crippen molar-refractivity contribution in [1.29, 1.82) is 0 Å². The van der Waals surface area contributed by atoms with Crippen LogP contribution in [0.25, 0.3) is 0 Å². The molecule has 6 nitrogen and oxygen atoms in total. The Morgan fingerprint density at radius 2 is 1.80 bits per heavy atom. The van der Waals surface area contributed by atoms with Gasteiger partial charge in [-0.05, 0) is 88.4 Å². The Kier molecular flexibility index (Phi) is 5.99. The maximum absolute atomic E-state index is 13.0. The first-order valence-electron chi connectivity index (χ1n) is 10.9. The molecule has 0 radical (unpaired) electrons. The molecule has 0 saturated heterocycles. The number of carbonyl (C=O) groups is 2. The smallest absolute Gasteiger partial charge is 0.238 e. The summed E-state index contributed by atoms with van der Waals surface area (Å²) in [6.45, 7) is 1.97. The summed E-state index contributed by atoms with van der Waals surface area (Å²) in [4.78, 5) is 27.4. The number of hydrogen-bond acceptors (Lipinski definition) is 4. The number of hydrogen-bond donors (Lipinski definition) is 2. The largest absolute Gasteiger partial charge is 0.495 e. The second-order valence-electron chi connectivity index (χ2n) is 9.67. The molecule has 4 aliphatic carbocycles. The Balaban J connectivity index is 1.33. The highest BCUT2D eigenvalue weighted by Gasteiger charge is 2.51. The van der Waals surface area contributed by atoms with Crippen LogP contribution in [0.1, 0.15) is 45.4 Å². The Morgan fingerprint density at radius 1 is 1.20 bits per heavy atom. The number of halogens is 1. The van der Waals surface area contributed by atoms with Gasteiger partial charge in [0.2, 0.25) is 11.8 Å². The number of likely N-dealkylation sites (N-methyl/N-ethyl adjacent to an activating group) is 1. The van der Waals surface area contributed by atoms with Crippen LogP contribution in [0, 0.1) is 17.8 Å². The van der Waals surface area contributed by atoms with Crippen LogP contribution in [0.2, 0.25) is 5.02 Å². The third-order valence-corrected chi connectivity index (χ3v) is 7.53. The van der Waals surface area contributed by atoms with Crippen LogP contribution in [-0.4, -0.2) is 49.0 Å². The van der Waals surface area contributed by atoms with E-state index in [2.05, 4.69) is 10.6 Å². The second kappa shape index (κ2) is 8.39. The number of benzene rings is 1. The molecule has 1 aromatic rings. The standard InChI is InChI=1S/C23H32ClN3O3/c1-14(22(29)26-23-10-15-6-16(11-23)8-17(7-15)12-23)27(2)13-21(28)25-19-9-18(24)4-5-20(19)30-3/h4-5,9,14-17H,6-8,10-13H2,1-3H3,(H,25,28)(H,26,29)/t14-,15?,16?,17?,23?/m0/s1. The topological polar surface area (TPSA) is 70.7 Å². The summed E-state index contributed by atoms with van der Waals surface area (Å²) in [5.41, 5.74) is 0.506. The summed E-state index contributed by atoms with van der Waals surface area (Å²) in [5.74, 6) is 2.69. The molecule has 0 aliphatic heterocycles. The van der Waals surface area contributed by atoms with E-state index in [1.165, 1.54) is 19.3 Å². The first-order chi connectivity index (χ1) is 14.3. The molecular formula is C23H32ClN3O3. The number of ether oxygens (including phenoxy) is 1. The highest BCUT2D eigenvalue weighted by atomic mass is 35.5. The lowest BCUT2D eigenvalue weighted by Crippen LogP contribution is -2.62. The van der Waals surface area contributed by atoms with Crippen molar-refractivity contribution in [2.24, 2.45) is 17.8 Å². The van der Waals surface area contributed by atoms with Crippen LogP contribution in [0.5, 0.6) is 5.75 Å². The van der Waals surface area contributed by atoms with Crippen molar-refractivity contribution >= 4 is 29.1 Å². The number of amides is 2. The Bertz CT molecular complexity index is 793. The molecule has 2 N–H and O–H groups in total. The number of rotatable bonds is 7. The number of carbonyl (C=O) groups excluding carboxylic acids is 2. The van der Waals surface area contributed by atoms with E-state index in [0.29, 0.717) is 16.5 Å². The minimum absolute atomic E-state index is 0.0165. The van der Waals surface area contributed by atoms with Crippen LogP contribution >= 0.6 is 11.6 Å². The molecule has 4 bridgehead atoms. The predicted octanol–water partition coefficient (Wildman–Crippen LogP) is 3.69. The summed E-state index contributed by atoms with van der Waals surface area (Å²) in [7, 11) is 3.35. The number of anilines is 1. The van der Waals surface area contributed by atoms with Gasteiger partial charge in [-0.25, -0.2) is 0 Å². The number of nitrogens with one attached hydrogen (secondary N) is 2. The van der Waals surface area contributed by atoms with Gasteiger partial charge < -0.3 is 15.4 Å². The van der Waals surface area contributed by atoms with Gasteiger partial charge in [-0.2, -0.15) is 0 Å². The van der Waals surface area contributed by atoms with Crippen molar-refractivity contribution in [2.45, 2.75) is 57.0 Å². The molecule has 4 aliphatic rings. The lowest BCUT2D eigenvalue weighted by atomic mass is 9.53. The van der Waals surface area contributed by atoms with Gasteiger partial charge in [-0.3, -0.25) is 14.5 Å². The second-order valence-corrected chi connectivity index (χ2v) is 10.1. The van der Waals surface area contributed by atoms with E-state index in [1.807, 2.05) is 6.92 Å². The van der Waals surface area contributed by atoms with Gasteiger partial charge in [0, 0.05) is 10.6 Å². The summed E-state index contributed by atoms with van der Waals surface area (Å²) >= 11 is 6.03. The first kappa shape index (κ1) is 21.4. The van der Waals surface area contributed by atoms with Crippen LogP contribution in [0.15, 0.2) is 18.2 Å². The van der Waals surface area contributed by atoms with Crippen molar-refractivity contribution in [3.8, 4) is 5.75 Å². The average molecular weight is 434 g/mol. The highest BCUT2D eigenvalue weighted by Crippen LogP contribution is 2.55. The fourth-order valence-electron chi connectivity index (χ4n) is 6.16. The molecule has 0 spiro atoms. The molecule has 5 rings (SSSR count). The zero-order valence-electron chi connectivity index (χ0n) is 18.0. The molecular weight excluding hydrogens is 402 g/mol. The SMILES string of the molecule is COc1ccc(Cl)cc1NC(=O)CN(C)[C@@H](C)C(=O)NC12CC3CC(CC(C3)C1)C2. The van der Waals surface area contributed by atoms with E-state index in [4.69, 9.17) is 16.3 Å². The van der Waals surface area contributed by atoms with Crippen LogP contribution < -0.4 is 15.4 Å². The predicted molar refractivity (Wildman–Crippen MR) is 118 cm³/mol.